The number of ether oxygens (including phenoxy) is 2. The lowest BCUT2D eigenvalue weighted by atomic mass is 9.78. The zero-order valence-corrected chi connectivity index (χ0v) is 8.64. The molecule has 3 rings (SSSR count). The van der Waals surface area contributed by atoms with Crippen molar-refractivity contribution in [2.24, 2.45) is 5.41 Å². The van der Waals surface area contributed by atoms with Crippen molar-refractivity contribution in [3.05, 3.63) is 12.4 Å². The molecule has 80 valence electrons. The summed E-state index contributed by atoms with van der Waals surface area (Å²) in [5, 5.41) is 0. The fourth-order valence-corrected chi connectivity index (χ4v) is 2.11. The van der Waals surface area contributed by atoms with Crippen molar-refractivity contribution in [1.29, 1.82) is 0 Å². The van der Waals surface area contributed by atoms with Gasteiger partial charge in [-0.25, -0.2) is 9.97 Å². The molecule has 0 unspecified atom stereocenters. The minimum Gasteiger partial charge on any atom is -0.481 e. The molecule has 1 aromatic heterocycles. The Labute approximate surface area is 88.0 Å². The topological polar surface area (TPSA) is 47.5 Å². The highest BCUT2D eigenvalue weighted by molar-refractivity contribution is 5.45. The summed E-state index contributed by atoms with van der Waals surface area (Å²) in [6.45, 7) is 3.86. The van der Waals surface area contributed by atoms with Crippen LogP contribution in [0.2, 0.25) is 0 Å². The maximum absolute atomic E-state index is 5.22. The first-order valence-electron chi connectivity index (χ1n) is 5.00. The molecule has 2 aliphatic heterocycles. The van der Waals surface area contributed by atoms with Crippen molar-refractivity contribution in [3.63, 3.8) is 0 Å². The van der Waals surface area contributed by atoms with Gasteiger partial charge >= 0.3 is 0 Å². The minimum atomic E-state index is 0.415. The second kappa shape index (κ2) is 3.06. The van der Waals surface area contributed by atoms with Gasteiger partial charge in [0.1, 0.15) is 12.1 Å². The van der Waals surface area contributed by atoms with E-state index in [1.54, 1.807) is 7.11 Å². The van der Waals surface area contributed by atoms with Crippen LogP contribution in [-0.4, -0.2) is 43.4 Å². The molecule has 2 saturated heterocycles. The van der Waals surface area contributed by atoms with E-state index in [4.69, 9.17) is 9.47 Å². The Morgan fingerprint density at radius 2 is 2.20 bits per heavy atom. The van der Waals surface area contributed by atoms with Crippen LogP contribution in [0.5, 0.6) is 5.88 Å². The Kier molecular flexibility index (Phi) is 1.82. The van der Waals surface area contributed by atoms with E-state index in [9.17, 15) is 0 Å². The Bertz CT molecular complexity index is 371. The van der Waals surface area contributed by atoms with E-state index in [1.165, 1.54) is 6.33 Å². The second-order valence-electron chi connectivity index (χ2n) is 4.27. The van der Waals surface area contributed by atoms with Crippen molar-refractivity contribution in [1.82, 2.24) is 9.97 Å². The van der Waals surface area contributed by atoms with Crippen LogP contribution in [0.4, 0.5) is 5.82 Å². The van der Waals surface area contributed by atoms with Crippen LogP contribution in [0.1, 0.15) is 0 Å². The maximum atomic E-state index is 5.22. The van der Waals surface area contributed by atoms with Gasteiger partial charge in [0.2, 0.25) is 5.88 Å². The van der Waals surface area contributed by atoms with E-state index in [-0.39, 0.29) is 0 Å². The fraction of sp³-hybridized carbons (Fsp3) is 0.600. The zero-order valence-electron chi connectivity index (χ0n) is 8.64. The molecule has 0 N–H and O–H groups in total. The third-order valence-electron chi connectivity index (χ3n) is 3.03. The zero-order chi connectivity index (χ0) is 10.3. The molecule has 1 spiro atoms. The summed E-state index contributed by atoms with van der Waals surface area (Å²) in [6, 6.07) is 1.87. The summed E-state index contributed by atoms with van der Waals surface area (Å²) in [5.74, 6) is 1.56. The molecule has 2 fully saturated rings. The molecule has 0 aromatic carbocycles. The molecule has 15 heavy (non-hydrogen) atoms. The second-order valence-corrected chi connectivity index (χ2v) is 4.27. The van der Waals surface area contributed by atoms with Crippen molar-refractivity contribution >= 4 is 5.82 Å². The van der Waals surface area contributed by atoms with Crippen LogP contribution in [0.25, 0.3) is 0 Å². The number of hydrogen-bond acceptors (Lipinski definition) is 5. The van der Waals surface area contributed by atoms with Gasteiger partial charge in [0.25, 0.3) is 0 Å². The van der Waals surface area contributed by atoms with E-state index in [2.05, 4.69) is 14.9 Å². The highest BCUT2D eigenvalue weighted by atomic mass is 16.5. The molecule has 2 aliphatic rings. The van der Waals surface area contributed by atoms with E-state index in [0.29, 0.717) is 11.3 Å². The van der Waals surface area contributed by atoms with E-state index >= 15 is 0 Å². The van der Waals surface area contributed by atoms with Crippen LogP contribution in [0.3, 0.4) is 0 Å². The van der Waals surface area contributed by atoms with Crippen LogP contribution < -0.4 is 9.64 Å². The summed E-state index contributed by atoms with van der Waals surface area (Å²) in [7, 11) is 1.61. The number of rotatable bonds is 2. The van der Waals surface area contributed by atoms with Gasteiger partial charge in [0.05, 0.1) is 25.7 Å². The lowest BCUT2D eigenvalue weighted by Gasteiger charge is -2.55. The molecular weight excluding hydrogens is 194 g/mol. The molecule has 5 heteroatoms. The summed E-state index contributed by atoms with van der Waals surface area (Å²) < 4.78 is 10.3. The highest BCUT2D eigenvalue weighted by Gasteiger charge is 2.49. The lowest BCUT2D eigenvalue weighted by Crippen LogP contribution is -2.66. The van der Waals surface area contributed by atoms with Crippen molar-refractivity contribution in [3.8, 4) is 5.88 Å². The third kappa shape index (κ3) is 1.34. The third-order valence-corrected chi connectivity index (χ3v) is 3.03. The summed E-state index contributed by atoms with van der Waals surface area (Å²) in [6.07, 6.45) is 1.54. The van der Waals surface area contributed by atoms with Crippen molar-refractivity contribution < 1.29 is 9.47 Å². The summed E-state index contributed by atoms with van der Waals surface area (Å²) in [4.78, 5) is 10.4. The molecule has 0 radical (unpaired) electrons. The average Bonchev–Trinajstić information content (AvgIpc) is 2.14. The number of aromatic nitrogens is 2. The first-order chi connectivity index (χ1) is 7.31. The predicted molar refractivity (Wildman–Crippen MR) is 54.0 cm³/mol. The molecule has 5 nitrogen and oxygen atoms in total. The number of methoxy groups -OCH3 is 1. The number of nitrogens with zero attached hydrogens (tertiary/aromatic N) is 3. The van der Waals surface area contributed by atoms with Crippen molar-refractivity contribution in [2.45, 2.75) is 0 Å². The number of hydrogen-bond donors (Lipinski definition) is 0. The molecule has 0 amide bonds. The molecule has 0 bridgehead atoms. The van der Waals surface area contributed by atoms with E-state index in [0.717, 1.165) is 32.1 Å². The van der Waals surface area contributed by atoms with E-state index < -0.39 is 0 Å². The maximum Gasteiger partial charge on any atom is 0.218 e. The average molecular weight is 207 g/mol. The van der Waals surface area contributed by atoms with Gasteiger partial charge in [-0.3, -0.25) is 0 Å². The van der Waals surface area contributed by atoms with Gasteiger partial charge in [-0.1, -0.05) is 0 Å². The van der Waals surface area contributed by atoms with Gasteiger partial charge in [-0.2, -0.15) is 0 Å². The molecule has 0 atom stereocenters. The SMILES string of the molecule is COc1cc(N2CC3(COC3)C2)ncn1. The van der Waals surface area contributed by atoms with Gasteiger partial charge in [0, 0.05) is 19.2 Å². The molecule has 0 aliphatic carbocycles. The van der Waals surface area contributed by atoms with Crippen molar-refractivity contribution in [2.75, 3.05) is 38.3 Å². The summed E-state index contributed by atoms with van der Waals surface area (Å²) >= 11 is 0. The standard InChI is InChI=1S/C10H13N3O2/c1-14-9-2-8(11-7-12-9)13-3-10(4-13)5-15-6-10/h2,7H,3-6H2,1H3. The van der Waals surface area contributed by atoms with Crippen LogP contribution in [0.15, 0.2) is 12.4 Å². The highest BCUT2D eigenvalue weighted by Crippen LogP contribution is 2.39. The monoisotopic (exact) mass is 207 g/mol. The fourth-order valence-electron chi connectivity index (χ4n) is 2.11. The summed E-state index contributed by atoms with van der Waals surface area (Å²) in [5.41, 5.74) is 0.415. The Hall–Kier alpha value is -1.36. The lowest BCUT2D eigenvalue weighted by molar-refractivity contribution is -0.127. The first kappa shape index (κ1) is 8.91. The predicted octanol–water partition coefficient (Wildman–Crippen LogP) is 0.322. The number of anilines is 1. The van der Waals surface area contributed by atoms with E-state index in [1.807, 2.05) is 6.07 Å². The first-order valence-corrected chi connectivity index (χ1v) is 5.00. The quantitative estimate of drug-likeness (QED) is 0.699. The smallest absolute Gasteiger partial charge is 0.218 e. The van der Waals surface area contributed by atoms with Crippen LogP contribution >= 0.6 is 0 Å². The van der Waals surface area contributed by atoms with Gasteiger partial charge in [-0.05, 0) is 0 Å². The van der Waals surface area contributed by atoms with Crippen LogP contribution in [0, 0.1) is 5.41 Å². The Balaban J connectivity index is 1.72. The Morgan fingerprint density at radius 1 is 1.40 bits per heavy atom. The van der Waals surface area contributed by atoms with Gasteiger partial charge in [0.15, 0.2) is 0 Å². The molecule has 1 aromatic rings. The molecule has 3 heterocycles. The molecular formula is C10H13N3O2. The Morgan fingerprint density at radius 3 is 2.80 bits per heavy atom. The normalized spacial score (nSPS) is 22.1. The largest absolute Gasteiger partial charge is 0.481 e. The van der Waals surface area contributed by atoms with Gasteiger partial charge in [-0.15, -0.1) is 0 Å². The van der Waals surface area contributed by atoms with Crippen LogP contribution in [-0.2, 0) is 4.74 Å². The minimum absolute atomic E-state index is 0.415. The van der Waals surface area contributed by atoms with Gasteiger partial charge < -0.3 is 14.4 Å². The molecule has 0 saturated carbocycles.